The van der Waals surface area contributed by atoms with Gasteiger partial charge in [0.15, 0.2) is 0 Å². The van der Waals surface area contributed by atoms with Crippen molar-refractivity contribution in [2.45, 2.75) is 18.9 Å². The highest BCUT2D eigenvalue weighted by Gasteiger charge is 2.25. The fraction of sp³-hybridized carbons (Fsp3) is 0.500. The second-order valence-electron chi connectivity index (χ2n) is 5.00. The largest absolute Gasteiger partial charge is 0.324 e. The summed E-state index contributed by atoms with van der Waals surface area (Å²) in [7, 11) is 1.94. The van der Waals surface area contributed by atoms with Crippen LogP contribution in [0.2, 0.25) is 5.02 Å². The van der Waals surface area contributed by atoms with Crippen LogP contribution in [-0.2, 0) is 4.79 Å². The van der Waals surface area contributed by atoms with Gasteiger partial charge in [0.05, 0.1) is 17.3 Å². The summed E-state index contributed by atoms with van der Waals surface area (Å²) in [4.78, 5) is 14.3. The molecule has 0 radical (unpaired) electrons. The zero-order chi connectivity index (χ0) is 14.5. The van der Waals surface area contributed by atoms with E-state index in [-0.39, 0.29) is 18.3 Å². The number of carbonyl (C=O) groups excluding carboxylic acids is 1. The van der Waals surface area contributed by atoms with Gasteiger partial charge in [-0.05, 0) is 44.6 Å². The average Bonchev–Trinajstić information content (AvgIpc) is 2.81. The van der Waals surface area contributed by atoms with Crippen molar-refractivity contribution in [3.05, 3.63) is 27.7 Å². The molecule has 7 heteroatoms. The Hall–Kier alpha value is -0.330. The molecule has 0 aliphatic carbocycles. The molecule has 118 valence electrons. The van der Waals surface area contributed by atoms with Crippen molar-refractivity contribution in [2.75, 3.05) is 32.0 Å². The number of hydrogen-bond acceptors (Lipinski definition) is 3. The number of hydrogen-bond donors (Lipinski definition) is 2. The molecule has 0 bridgehead atoms. The molecule has 1 aliphatic rings. The minimum atomic E-state index is -0.0165. The Bertz CT molecular complexity index is 487. The van der Waals surface area contributed by atoms with Crippen molar-refractivity contribution in [2.24, 2.45) is 0 Å². The van der Waals surface area contributed by atoms with Gasteiger partial charge in [-0.3, -0.25) is 9.69 Å². The first-order valence-corrected chi connectivity index (χ1v) is 7.91. The molecule has 1 fully saturated rings. The topological polar surface area (TPSA) is 44.4 Å². The second kappa shape index (κ2) is 8.96. The van der Waals surface area contributed by atoms with Crippen molar-refractivity contribution < 1.29 is 4.79 Å². The molecule has 21 heavy (non-hydrogen) atoms. The number of nitrogens with zero attached hydrogens (tertiary/aromatic N) is 1. The standard InChI is InChI=1S/C14H19BrClN3O.ClH/c1-17-8-11-3-2-6-19(11)9-14(20)18-13-5-4-10(15)7-12(13)16;/h4-5,7,11,17H,2-3,6,8-9H2,1H3,(H,18,20);1H. The highest BCUT2D eigenvalue weighted by molar-refractivity contribution is 9.10. The Kier molecular flexibility index (Phi) is 7.98. The summed E-state index contributed by atoms with van der Waals surface area (Å²) in [5, 5.41) is 6.59. The number of nitrogens with one attached hydrogen (secondary N) is 2. The molecule has 1 unspecified atom stereocenters. The van der Waals surface area contributed by atoms with Gasteiger partial charge >= 0.3 is 0 Å². The van der Waals surface area contributed by atoms with E-state index in [0.29, 0.717) is 23.3 Å². The van der Waals surface area contributed by atoms with Gasteiger partial charge < -0.3 is 10.6 Å². The van der Waals surface area contributed by atoms with E-state index in [4.69, 9.17) is 11.6 Å². The Morgan fingerprint density at radius 1 is 1.52 bits per heavy atom. The predicted molar refractivity (Wildman–Crippen MR) is 93.6 cm³/mol. The highest BCUT2D eigenvalue weighted by atomic mass is 79.9. The molecular weight excluding hydrogens is 377 g/mol. The summed E-state index contributed by atoms with van der Waals surface area (Å²) in [6, 6.07) is 5.89. The van der Waals surface area contributed by atoms with Crippen LogP contribution >= 0.6 is 39.9 Å². The summed E-state index contributed by atoms with van der Waals surface area (Å²) in [5.41, 5.74) is 0.657. The zero-order valence-corrected chi connectivity index (χ0v) is 15.0. The van der Waals surface area contributed by atoms with Crippen molar-refractivity contribution in [3.63, 3.8) is 0 Å². The summed E-state index contributed by atoms with van der Waals surface area (Å²) in [6.45, 7) is 2.32. The Morgan fingerprint density at radius 3 is 2.95 bits per heavy atom. The van der Waals surface area contributed by atoms with E-state index < -0.39 is 0 Å². The normalized spacial score (nSPS) is 18.3. The molecule has 4 nitrogen and oxygen atoms in total. The van der Waals surface area contributed by atoms with Crippen molar-refractivity contribution in [1.29, 1.82) is 0 Å². The van der Waals surface area contributed by atoms with E-state index in [1.165, 1.54) is 0 Å². The van der Waals surface area contributed by atoms with Crippen molar-refractivity contribution in [1.82, 2.24) is 10.2 Å². The van der Waals surface area contributed by atoms with Gasteiger partial charge in [-0.2, -0.15) is 0 Å². The minimum absolute atomic E-state index is 0. The van der Waals surface area contributed by atoms with E-state index in [1.807, 2.05) is 13.1 Å². The molecule has 2 rings (SSSR count). The third-order valence-corrected chi connectivity index (χ3v) is 4.30. The van der Waals surface area contributed by atoms with Crippen molar-refractivity contribution >= 4 is 51.5 Å². The molecule has 0 saturated carbocycles. The van der Waals surface area contributed by atoms with Crippen LogP contribution in [0, 0.1) is 0 Å². The van der Waals surface area contributed by atoms with E-state index >= 15 is 0 Å². The molecule has 1 atom stereocenters. The fourth-order valence-corrected chi connectivity index (χ4v) is 3.26. The maximum Gasteiger partial charge on any atom is 0.238 e. The van der Waals surface area contributed by atoms with E-state index in [9.17, 15) is 4.79 Å². The van der Waals surface area contributed by atoms with Gasteiger partial charge in [-0.25, -0.2) is 0 Å². The quantitative estimate of drug-likeness (QED) is 0.803. The van der Waals surface area contributed by atoms with Gasteiger partial charge in [-0.1, -0.05) is 27.5 Å². The molecule has 1 aromatic rings. The number of carbonyl (C=O) groups is 1. The SMILES string of the molecule is CNCC1CCCN1CC(=O)Nc1ccc(Br)cc1Cl.Cl. The molecule has 0 aromatic heterocycles. The highest BCUT2D eigenvalue weighted by Crippen LogP contribution is 2.25. The van der Waals surface area contributed by atoms with Crippen LogP contribution in [0.15, 0.2) is 22.7 Å². The van der Waals surface area contributed by atoms with E-state index in [1.54, 1.807) is 12.1 Å². The van der Waals surface area contributed by atoms with Crippen LogP contribution in [-0.4, -0.2) is 43.5 Å². The lowest BCUT2D eigenvalue weighted by atomic mass is 10.2. The molecule has 2 N–H and O–H groups in total. The van der Waals surface area contributed by atoms with Crippen LogP contribution < -0.4 is 10.6 Å². The van der Waals surface area contributed by atoms with Gasteiger partial charge in [0.2, 0.25) is 5.91 Å². The summed E-state index contributed by atoms with van der Waals surface area (Å²) in [5.74, 6) is -0.0165. The predicted octanol–water partition coefficient (Wildman–Crippen LogP) is 3.15. The van der Waals surface area contributed by atoms with Gasteiger partial charge in [0, 0.05) is 17.1 Å². The molecule has 0 spiro atoms. The average molecular weight is 397 g/mol. The molecule has 1 amide bonds. The van der Waals surface area contributed by atoms with Crippen LogP contribution in [0.1, 0.15) is 12.8 Å². The fourth-order valence-electron chi connectivity index (χ4n) is 2.54. The number of benzene rings is 1. The van der Waals surface area contributed by atoms with Gasteiger partial charge in [-0.15, -0.1) is 12.4 Å². The van der Waals surface area contributed by atoms with Crippen LogP contribution in [0.25, 0.3) is 0 Å². The second-order valence-corrected chi connectivity index (χ2v) is 6.32. The third-order valence-electron chi connectivity index (χ3n) is 3.49. The number of halogens is 3. The van der Waals surface area contributed by atoms with Crippen LogP contribution in [0.4, 0.5) is 5.69 Å². The van der Waals surface area contributed by atoms with Crippen LogP contribution in [0.5, 0.6) is 0 Å². The monoisotopic (exact) mass is 395 g/mol. The maximum absolute atomic E-state index is 12.1. The Labute approximate surface area is 145 Å². The summed E-state index contributed by atoms with van der Waals surface area (Å²) < 4.78 is 0.897. The number of amides is 1. The molecule has 1 aromatic carbocycles. The maximum atomic E-state index is 12.1. The molecule has 1 aliphatic heterocycles. The number of likely N-dealkylation sites (N-methyl/N-ethyl adjacent to an activating group) is 1. The molecular formula is C14H20BrCl2N3O. The summed E-state index contributed by atoms with van der Waals surface area (Å²) >= 11 is 9.45. The minimum Gasteiger partial charge on any atom is -0.324 e. The summed E-state index contributed by atoms with van der Waals surface area (Å²) in [6.07, 6.45) is 2.30. The first-order chi connectivity index (χ1) is 9.60. The van der Waals surface area contributed by atoms with Gasteiger partial charge in [0.1, 0.15) is 0 Å². The number of likely N-dealkylation sites (tertiary alicyclic amines) is 1. The van der Waals surface area contributed by atoms with Crippen molar-refractivity contribution in [3.8, 4) is 0 Å². The first kappa shape index (κ1) is 18.7. The molecule has 1 saturated heterocycles. The van der Waals surface area contributed by atoms with Crippen LogP contribution in [0.3, 0.4) is 0 Å². The lowest BCUT2D eigenvalue weighted by Crippen LogP contribution is -2.41. The Morgan fingerprint density at radius 2 is 2.29 bits per heavy atom. The smallest absolute Gasteiger partial charge is 0.238 e. The van der Waals surface area contributed by atoms with E-state index in [0.717, 1.165) is 30.4 Å². The van der Waals surface area contributed by atoms with Gasteiger partial charge in [0.25, 0.3) is 0 Å². The molecule has 1 heterocycles. The lowest BCUT2D eigenvalue weighted by Gasteiger charge is -2.23. The first-order valence-electron chi connectivity index (χ1n) is 6.73. The Balaban J connectivity index is 0.00000220. The van der Waals surface area contributed by atoms with E-state index in [2.05, 4.69) is 31.5 Å². The lowest BCUT2D eigenvalue weighted by molar-refractivity contribution is -0.117. The number of anilines is 1. The number of rotatable bonds is 5. The zero-order valence-electron chi connectivity index (χ0n) is 11.9. The third kappa shape index (κ3) is 5.42.